The minimum atomic E-state index is -0.687. The molecule has 0 aliphatic heterocycles. The van der Waals surface area contributed by atoms with E-state index in [0.29, 0.717) is 21.2 Å². The molecule has 0 aliphatic rings. The highest BCUT2D eigenvalue weighted by Gasteiger charge is 2.17. The van der Waals surface area contributed by atoms with E-state index in [-0.39, 0.29) is 5.02 Å². The molecule has 5 heteroatoms. The molecule has 2 aromatic rings. The molecule has 0 aliphatic carbocycles. The van der Waals surface area contributed by atoms with Gasteiger partial charge in [0.05, 0.1) is 11.1 Å². The molecular formula is C13H9Cl3FN. The lowest BCUT2D eigenvalue weighted by Gasteiger charge is -2.15. The summed E-state index contributed by atoms with van der Waals surface area (Å²) in [4.78, 5) is 0. The highest BCUT2D eigenvalue weighted by molar-refractivity contribution is 6.35. The highest BCUT2D eigenvalue weighted by Crippen LogP contribution is 2.31. The summed E-state index contributed by atoms with van der Waals surface area (Å²) in [5, 5.41) is 0.935. The highest BCUT2D eigenvalue weighted by atomic mass is 35.5. The minimum absolute atomic E-state index is 0.0352. The van der Waals surface area contributed by atoms with Gasteiger partial charge < -0.3 is 5.73 Å². The van der Waals surface area contributed by atoms with Gasteiger partial charge in [0.1, 0.15) is 5.82 Å². The summed E-state index contributed by atoms with van der Waals surface area (Å²) in [7, 11) is 0. The summed E-state index contributed by atoms with van der Waals surface area (Å²) in [5.74, 6) is -0.530. The predicted molar refractivity (Wildman–Crippen MR) is 73.9 cm³/mol. The Balaban J connectivity index is 2.48. The van der Waals surface area contributed by atoms with Crippen molar-refractivity contribution in [1.29, 1.82) is 0 Å². The van der Waals surface area contributed by atoms with E-state index in [1.54, 1.807) is 30.3 Å². The van der Waals surface area contributed by atoms with Crippen LogP contribution in [0.15, 0.2) is 36.4 Å². The molecule has 0 heterocycles. The molecule has 0 radical (unpaired) electrons. The summed E-state index contributed by atoms with van der Waals surface area (Å²) in [6.07, 6.45) is 0. The standard InChI is InChI=1S/C13H9Cl3FN/c14-7-4-5-8(11(16)6-7)13(18)9-2-1-3-10(15)12(9)17/h1-6,13H,18H2. The Labute approximate surface area is 119 Å². The molecule has 2 aromatic carbocycles. The number of hydrogen-bond acceptors (Lipinski definition) is 1. The lowest BCUT2D eigenvalue weighted by molar-refractivity contribution is 0.600. The molecule has 0 aromatic heterocycles. The van der Waals surface area contributed by atoms with Crippen LogP contribution in [-0.2, 0) is 0 Å². The average Bonchev–Trinajstić information content (AvgIpc) is 2.32. The molecule has 0 fully saturated rings. The van der Waals surface area contributed by atoms with Gasteiger partial charge in [-0.2, -0.15) is 0 Å². The van der Waals surface area contributed by atoms with E-state index in [9.17, 15) is 4.39 Å². The van der Waals surface area contributed by atoms with E-state index in [4.69, 9.17) is 40.5 Å². The van der Waals surface area contributed by atoms with Crippen molar-refractivity contribution in [2.45, 2.75) is 6.04 Å². The van der Waals surface area contributed by atoms with Gasteiger partial charge in [-0.05, 0) is 23.8 Å². The maximum atomic E-state index is 13.9. The number of benzene rings is 2. The minimum Gasteiger partial charge on any atom is -0.320 e. The van der Waals surface area contributed by atoms with Gasteiger partial charge in [0, 0.05) is 15.6 Å². The molecule has 1 atom stereocenters. The fourth-order valence-corrected chi connectivity index (χ4v) is 2.39. The summed E-state index contributed by atoms with van der Waals surface area (Å²) >= 11 is 17.6. The van der Waals surface area contributed by atoms with E-state index >= 15 is 0 Å². The topological polar surface area (TPSA) is 26.0 Å². The first kappa shape index (κ1) is 13.6. The van der Waals surface area contributed by atoms with E-state index in [0.717, 1.165) is 0 Å². The monoisotopic (exact) mass is 303 g/mol. The predicted octanol–water partition coefficient (Wildman–Crippen LogP) is 4.83. The summed E-state index contributed by atoms with van der Waals surface area (Å²) in [5.41, 5.74) is 6.91. The normalized spacial score (nSPS) is 12.5. The van der Waals surface area contributed by atoms with Gasteiger partial charge in [-0.25, -0.2) is 4.39 Å². The first-order valence-electron chi connectivity index (χ1n) is 5.15. The maximum absolute atomic E-state index is 13.9. The van der Waals surface area contributed by atoms with Crippen LogP contribution in [0.2, 0.25) is 15.1 Å². The molecule has 0 saturated carbocycles. The van der Waals surface area contributed by atoms with Gasteiger partial charge in [0.2, 0.25) is 0 Å². The molecule has 2 N–H and O–H groups in total. The van der Waals surface area contributed by atoms with Crippen LogP contribution in [0.3, 0.4) is 0 Å². The molecule has 1 unspecified atom stereocenters. The van der Waals surface area contributed by atoms with Gasteiger partial charge in [0.25, 0.3) is 0 Å². The quantitative estimate of drug-likeness (QED) is 0.844. The Morgan fingerprint density at radius 2 is 1.67 bits per heavy atom. The molecule has 0 bridgehead atoms. The Morgan fingerprint density at radius 1 is 0.944 bits per heavy atom. The molecule has 2 rings (SSSR count). The van der Waals surface area contributed by atoms with E-state index < -0.39 is 11.9 Å². The molecule has 0 amide bonds. The van der Waals surface area contributed by atoms with E-state index in [1.807, 2.05) is 0 Å². The van der Waals surface area contributed by atoms with Crippen LogP contribution < -0.4 is 5.73 Å². The molecule has 18 heavy (non-hydrogen) atoms. The number of halogens is 4. The van der Waals surface area contributed by atoms with Crippen molar-refractivity contribution in [3.63, 3.8) is 0 Å². The maximum Gasteiger partial charge on any atom is 0.146 e. The summed E-state index contributed by atoms with van der Waals surface area (Å²) < 4.78 is 13.9. The smallest absolute Gasteiger partial charge is 0.146 e. The molecule has 0 saturated heterocycles. The second-order valence-corrected chi connectivity index (χ2v) is 5.04. The number of nitrogens with two attached hydrogens (primary N) is 1. The Kier molecular flexibility index (Phi) is 4.13. The summed E-state index contributed by atoms with van der Waals surface area (Å²) in [6.45, 7) is 0. The zero-order chi connectivity index (χ0) is 13.3. The third-order valence-corrected chi connectivity index (χ3v) is 3.47. The second kappa shape index (κ2) is 5.45. The second-order valence-electron chi connectivity index (χ2n) is 3.79. The van der Waals surface area contributed by atoms with Crippen molar-refractivity contribution >= 4 is 34.8 Å². The van der Waals surface area contributed by atoms with Crippen LogP contribution in [0.4, 0.5) is 4.39 Å². The number of hydrogen-bond donors (Lipinski definition) is 1. The molecule has 1 nitrogen and oxygen atoms in total. The van der Waals surface area contributed by atoms with Crippen LogP contribution in [0.5, 0.6) is 0 Å². The van der Waals surface area contributed by atoms with Crippen molar-refractivity contribution < 1.29 is 4.39 Å². The third-order valence-electron chi connectivity index (χ3n) is 2.61. The van der Waals surface area contributed by atoms with Gasteiger partial charge in [-0.1, -0.05) is 53.0 Å². The molecular weight excluding hydrogens is 296 g/mol. The van der Waals surface area contributed by atoms with Crippen LogP contribution in [0.1, 0.15) is 17.2 Å². The van der Waals surface area contributed by atoms with Crippen LogP contribution >= 0.6 is 34.8 Å². The SMILES string of the molecule is NC(c1ccc(Cl)cc1Cl)c1cccc(Cl)c1F. The third kappa shape index (κ3) is 2.62. The average molecular weight is 305 g/mol. The first-order valence-corrected chi connectivity index (χ1v) is 6.28. The fourth-order valence-electron chi connectivity index (χ4n) is 1.68. The largest absolute Gasteiger partial charge is 0.320 e. The van der Waals surface area contributed by atoms with Crippen molar-refractivity contribution in [3.8, 4) is 0 Å². The zero-order valence-corrected chi connectivity index (χ0v) is 11.4. The van der Waals surface area contributed by atoms with Gasteiger partial charge >= 0.3 is 0 Å². The Hall–Kier alpha value is -0.800. The molecule has 0 spiro atoms. The van der Waals surface area contributed by atoms with Gasteiger partial charge in [-0.3, -0.25) is 0 Å². The lowest BCUT2D eigenvalue weighted by Crippen LogP contribution is -2.14. The van der Waals surface area contributed by atoms with Crippen molar-refractivity contribution in [2.75, 3.05) is 0 Å². The van der Waals surface area contributed by atoms with Crippen LogP contribution in [0.25, 0.3) is 0 Å². The summed E-state index contributed by atoms with van der Waals surface area (Å²) in [6, 6.07) is 8.91. The van der Waals surface area contributed by atoms with Crippen LogP contribution in [0, 0.1) is 5.82 Å². The van der Waals surface area contributed by atoms with E-state index in [1.165, 1.54) is 6.07 Å². The Morgan fingerprint density at radius 3 is 2.33 bits per heavy atom. The fraction of sp³-hybridized carbons (Fsp3) is 0.0769. The Bertz CT molecular complexity index is 586. The van der Waals surface area contributed by atoms with Gasteiger partial charge in [-0.15, -0.1) is 0 Å². The van der Waals surface area contributed by atoms with Crippen LogP contribution in [-0.4, -0.2) is 0 Å². The van der Waals surface area contributed by atoms with Crippen molar-refractivity contribution in [3.05, 3.63) is 68.4 Å². The lowest BCUT2D eigenvalue weighted by atomic mass is 9.99. The van der Waals surface area contributed by atoms with Gasteiger partial charge in [0.15, 0.2) is 0 Å². The number of rotatable bonds is 2. The zero-order valence-electron chi connectivity index (χ0n) is 9.13. The molecule has 94 valence electrons. The van der Waals surface area contributed by atoms with Crippen molar-refractivity contribution in [1.82, 2.24) is 0 Å². The van der Waals surface area contributed by atoms with Crippen molar-refractivity contribution in [2.24, 2.45) is 5.73 Å². The first-order chi connectivity index (χ1) is 8.50. The van der Waals surface area contributed by atoms with E-state index in [2.05, 4.69) is 0 Å².